The van der Waals surface area contributed by atoms with Crippen molar-refractivity contribution in [2.75, 3.05) is 5.75 Å². The molecule has 1 aliphatic rings. The van der Waals surface area contributed by atoms with Crippen molar-refractivity contribution in [3.05, 3.63) is 28.8 Å². The van der Waals surface area contributed by atoms with E-state index in [0.717, 1.165) is 5.56 Å². The molecule has 1 amide bonds. The molecule has 0 saturated heterocycles. The van der Waals surface area contributed by atoms with Gasteiger partial charge >= 0.3 is 0 Å². The highest BCUT2D eigenvalue weighted by Gasteiger charge is 2.37. The number of benzene rings is 1. The van der Waals surface area contributed by atoms with Gasteiger partial charge in [0.15, 0.2) is 15.8 Å². The molecule has 114 valence electrons. The van der Waals surface area contributed by atoms with Gasteiger partial charge in [0, 0.05) is 11.5 Å². The predicted octanol–water partition coefficient (Wildman–Crippen LogP) is 0.936. The van der Waals surface area contributed by atoms with E-state index in [2.05, 4.69) is 4.99 Å². The van der Waals surface area contributed by atoms with Crippen LogP contribution in [0.1, 0.15) is 41.3 Å². The van der Waals surface area contributed by atoms with Crippen LogP contribution in [-0.2, 0) is 9.84 Å². The van der Waals surface area contributed by atoms with Crippen LogP contribution < -0.4 is 11.5 Å². The Morgan fingerprint density at radius 3 is 2.48 bits per heavy atom. The smallest absolute Gasteiger partial charge is 0.280 e. The minimum atomic E-state index is -3.36. The van der Waals surface area contributed by atoms with Gasteiger partial charge in [-0.15, -0.1) is 0 Å². The molecule has 0 spiro atoms. The number of nitrogens with two attached hydrogens (primary N) is 2. The van der Waals surface area contributed by atoms with Crippen molar-refractivity contribution in [3.63, 3.8) is 0 Å². The molecule has 0 aromatic heterocycles. The monoisotopic (exact) mass is 309 g/mol. The number of aliphatic imine (C=N–C) groups is 1. The van der Waals surface area contributed by atoms with E-state index in [1.165, 1.54) is 6.07 Å². The first kappa shape index (κ1) is 15.5. The van der Waals surface area contributed by atoms with Gasteiger partial charge in [0.05, 0.1) is 10.6 Å². The molecule has 0 fully saturated rings. The summed E-state index contributed by atoms with van der Waals surface area (Å²) in [6.45, 7) is 5.73. The third kappa shape index (κ3) is 2.78. The first-order valence-electron chi connectivity index (χ1n) is 6.64. The first-order chi connectivity index (χ1) is 9.63. The molecule has 0 bridgehead atoms. The van der Waals surface area contributed by atoms with Crippen molar-refractivity contribution in [2.24, 2.45) is 22.4 Å². The second-order valence-corrected chi connectivity index (χ2v) is 7.68. The Morgan fingerprint density at radius 2 is 1.95 bits per heavy atom. The van der Waals surface area contributed by atoms with Crippen LogP contribution in [-0.4, -0.2) is 26.0 Å². The van der Waals surface area contributed by atoms with Gasteiger partial charge in [0.1, 0.15) is 0 Å². The van der Waals surface area contributed by atoms with E-state index in [1.807, 2.05) is 13.8 Å². The summed E-state index contributed by atoms with van der Waals surface area (Å²) in [5.41, 5.74) is 12.1. The number of amides is 1. The third-order valence-corrected chi connectivity index (χ3v) is 5.58. The highest BCUT2D eigenvalue weighted by molar-refractivity contribution is 7.91. The maximum absolute atomic E-state index is 12.3. The summed E-state index contributed by atoms with van der Waals surface area (Å²) >= 11 is 0. The first-order valence-corrected chi connectivity index (χ1v) is 8.30. The number of rotatable bonds is 2. The fourth-order valence-corrected chi connectivity index (χ4v) is 4.73. The van der Waals surface area contributed by atoms with E-state index >= 15 is 0 Å². The van der Waals surface area contributed by atoms with Crippen LogP contribution in [0, 0.1) is 12.8 Å². The lowest BCUT2D eigenvalue weighted by Crippen LogP contribution is -2.24. The van der Waals surface area contributed by atoms with Crippen LogP contribution in [0.3, 0.4) is 0 Å². The van der Waals surface area contributed by atoms with Gasteiger partial charge in [-0.05, 0) is 30.0 Å². The third-order valence-electron chi connectivity index (χ3n) is 3.76. The van der Waals surface area contributed by atoms with Crippen molar-refractivity contribution in [1.82, 2.24) is 0 Å². The molecule has 6 nitrogen and oxygen atoms in total. The highest BCUT2D eigenvalue weighted by Crippen LogP contribution is 2.40. The van der Waals surface area contributed by atoms with Gasteiger partial charge in [-0.1, -0.05) is 19.9 Å². The van der Waals surface area contributed by atoms with E-state index in [9.17, 15) is 13.2 Å². The number of nitrogens with zero attached hydrogens (tertiary/aromatic N) is 1. The van der Waals surface area contributed by atoms with Gasteiger partial charge in [-0.3, -0.25) is 4.79 Å². The Labute approximate surface area is 124 Å². The average Bonchev–Trinajstić information content (AvgIpc) is 2.59. The van der Waals surface area contributed by atoms with Crippen LogP contribution in [0.15, 0.2) is 22.0 Å². The molecule has 0 aliphatic carbocycles. The van der Waals surface area contributed by atoms with Crippen LogP contribution in [0.25, 0.3) is 0 Å². The lowest BCUT2D eigenvalue weighted by Gasteiger charge is -2.15. The van der Waals surface area contributed by atoms with Crippen molar-refractivity contribution in [2.45, 2.75) is 31.6 Å². The number of hydrogen-bond donors (Lipinski definition) is 2. The average molecular weight is 309 g/mol. The number of fused-ring (bicyclic) bond motifs is 1. The van der Waals surface area contributed by atoms with Crippen LogP contribution in [0.2, 0.25) is 0 Å². The zero-order valence-corrected chi connectivity index (χ0v) is 13.1. The lowest BCUT2D eigenvalue weighted by molar-refractivity contribution is 0.100. The van der Waals surface area contributed by atoms with Crippen LogP contribution in [0.5, 0.6) is 0 Å². The summed E-state index contributed by atoms with van der Waals surface area (Å²) in [4.78, 5) is 15.7. The molecule has 1 unspecified atom stereocenters. The van der Waals surface area contributed by atoms with E-state index in [4.69, 9.17) is 11.5 Å². The molecule has 0 saturated carbocycles. The molecule has 4 N–H and O–H groups in total. The SMILES string of the molecule is Cc1cc2c(cc1C(=O)N=C(N)N)S(=O)(=O)CC2C(C)C. The van der Waals surface area contributed by atoms with Gasteiger partial charge in [0.2, 0.25) is 0 Å². The Kier molecular flexibility index (Phi) is 3.79. The summed E-state index contributed by atoms with van der Waals surface area (Å²) in [6, 6.07) is 3.16. The summed E-state index contributed by atoms with van der Waals surface area (Å²) in [7, 11) is -3.36. The molecule has 0 radical (unpaired) electrons. The molecule has 7 heteroatoms. The number of sulfone groups is 1. The molecule has 1 atom stereocenters. The Bertz CT molecular complexity index is 732. The molecule has 1 aromatic carbocycles. The minimum Gasteiger partial charge on any atom is -0.370 e. The zero-order chi connectivity index (χ0) is 15.9. The van der Waals surface area contributed by atoms with E-state index in [0.29, 0.717) is 5.56 Å². The fraction of sp³-hybridized carbons (Fsp3) is 0.429. The molecular weight excluding hydrogens is 290 g/mol. The number of guanidine groups is 1. The largest absolute Gasteiger partial charge is 0.370 e. The second-order valence-electron chi connectivity index (χ2n) is 5.68. The Morgan fingerprint density at radius 1 is 1.33 bits per heavy atom. The van der Waals surface area contributed by atoms with E-state index < -0.39 is 15.7 Å². The maximum Gasteiger partial charge on any atom is 0.280 e. The number of aryl methyl sites for hydroxylation is 1. The lowest BCUT2D eigenvalue weighted by atomic mass is 9.88. The molecule has 2 rings (SSSR count). The van der Waals surface area contributed by atoms with Gasteiger partial charge < -0.3 is 11.5 Å². The van der Waals surface area contributed by atoms with Crippen molar-refractivity contribution in [3.8, 4) is 0 Å². The Hall–Kier alpha value is -1.89. The maximum atomic E-state index is 12.3. The number of hydrogen-bond acceptors (Lipinski definition) is 3. The molecule has 1 aromatic rings. The molecule has 1 aliphatic heterocycles. The summed E-state index contributed by atoms with van der Waals surface area (Å²) in [6.07, 6.45) is 0. The van der Waals surface area contributed by atoms with Crippen molar-refractivity contribution >= 4 is 21.7 Å². The minimum absolute atomic E-state index is 0.0454. The van der Waals surface area contributed by atoms with Crippen molar-refractivity contribution < 1.29 is 13.2 Å². The zero-order valence-electron chi connectivity index (χ0n) is 12.3. The molecule has 21 heavy (non-hydrogen) atoms. The molecular formula is C14H19N3O3S. The van der Waals surface area contributed by atoms with Gasteiger partial charge in [0.25, 0.3) is 5.91 Å². The summed E-state index contributed by atoms with van der Waals surface area (Å²) < 4.78 is 24.6. The number of carbonyl (C=O) groups is 1. The van der Waals surface area contributed by atoms with Crippen LogP contribution >= 0.6 is 0 Å². The molecule has 1 heterocycles. The fourth-order valence-electron chi connectivity index (χ4n) is 2.64. The topological polar surface area (TPSA) is 116 Å². The second kappa shape index (κ2) is 5.14. The predicted molar refractivity (Wildman–Crippen MR) is 81.0 cm³/mol. The normalized spacial score (nSPS) is 19.3. The van der Waals surface area contributed by atoms with Crippen molar-refractivity contribution in [1.29, 1.82) is 0 Å². The van der Waals surface area contributed by atoms with Crippen LogP contribution in [0.4, 0.5) is 0 Å². The van der Waals surface area contributed by atoms with Gasteiger partial charge in [-0.2, -0.15) is 4.99 Å². The number of carbonyl (C=O) groups excluding carboxylic acids is 1. The van der Waals surface area contributed by atoms with Gasteiger partial charge in [-0.25, -0.2) is 8.42 Å². The van der Waals surface area contributed by atoms with E-state index in [-0.39, 0.29) is 34.0 Å². The summed E-state index contributed by atoms with van der Waals surface area (Å²) in [5, 5.41) is 0. The highest BCUT2D eigenvalue weighted by atomic mass is 32.2. The standard InChI is InChI=1S/C14H19N3O3S/c1-7(2)11-6-21(19,20)12-5-9(8(3)4-10(11)12)13(18)17-14(15)16/h4-5,7,11H,6H2,1-3H3,(H4,15,16,17,18). The van der Waals surface area contributed by atoms with E-state index in [1.54, 1.807) is 13.0 Å². The Balaban J connectivity index is 2.63. The quantitative estimate of drug-likeness (QED) is 0.623. The summed E-state index contributed by atoms with van der Waals surface area (Å²) in [5.74, 6) is -0.726.